The van der Waals surface area contributed by atoms with Gasteiger partial charge in [0.25, 0.3) is 0 Å². The minimum atomic E-state index is -0.0623. The van der Waals surface area contributed by atoms with Crippen molar-refractivity contribution in [1.82, 2.24) is 5.32 Å². The lowest BCUT2D eigenvalue weighted by Crippen LogP contribution is -2.19. The van der Waals surface area contributed by atoms with Crippen LogP contribution in [0.3, 0.4) is 0 Å². The van der Waals surface area contributed by atoms with E-state index in [1.54, 1.807) is 0 Å². The van der Waals surface area contributed by atoms with E-state index < -0.39 is 0 Å². The van der Waals surface area contributed by atoms with Gasteiger partial charge in [0.05, 0.1) is 6.61 Å². The second-order valence-electron chi connectivity index (χ2n) is 2.84. The number of aliphatic hydroxyl groups excluding tert-OH is 1. The molecule has 0 radical (unpaired) electrons. The summed E-state index contributed by atoms with van der Waals surface area (Å²) in [5.74, 6) is -0.0623. The molecular weight excluding hydrogens is 166 g/mol. The van der Waals surface area contributed by atoms with Gasteiger partial charge < -0.3 is 10.4 Å². The Bertz CT molecular complexity index is 297. The molecule has 0 unspecified atom stereocenters. The molecular formula is C10H13NO2. The normalized spacial score (nSPS) is 9.69. The van der Waals surface area contributed by atoms with Crippen molar-refractivity contribution in [3.8, 4) is 0 Å². The lowest BCUT2D eigenvalue weighted by molar-refractivity contribution is -0.119. The molecule has 0 atom stereocenters. The van der Waals surface area contributed by atoms with E-state index in [0.717, 1.165) is 11.1 Å². The Morgan fingerprint density at radius 3 is 2.54 bits per heavy atom. The lowest BCUT2D eigenvalue weighted by atomic mass is 10.1. The topological polar surface area (TPSA) is 49.3 Å². The van der Waals surface area contributed by atoms with Crippen LogP contribution in [0.5, 0.6) is 0 Å². The number of amides is 1. The largest absolute Gasteiger partial charge is 0.392 e. The van der Waals surface area contributed by atoms with Crippen molar-refractivity contribution in [2.45, 2.75) is 20.1 Å². The molecule has 1 aromatic carbocycles. The summed E-state index contributed by atoms with van der Waals surface area (Å²) >= 11 is 0. The number of hydrogen-bond acceptors (Lipinski definition) is 2. The fraction of sp³-hybridized carbons (Fsp3) is 0.300. The van der Waals surface area contributed by atoms with E-state index in [2.05, 4.69) is 5.32 Å². The molecule has 0 aliphatic carbocycles. The van der Waals surface area contributed by atoms with E-state index >= 15 is 0 Å². The number of carbonyl (C=O) groups is 1. The average molecular weight is 179 g/mol. The monoisotopic (exact) mass is 179 g/mol. The van der Waals surface area contributed by atoms with Gasteiger partial charge in [0.1, 0.15) is 0 Å². The highest BCUT2D eigenvalue weighted by molar-refractivity contribution is 5.72. The number of hydrogen-bond donors (Lipinski definition) is 2. The summed E-state index contributed by atoms with van der Waals surface area (Å²) in [5.41, 5.74) is 1.82. The Morgan fingerprint density at radius 2 is 2.00 bits per heavy atom. The summed E-state index contributed by atoms with van der Waals surface area (Å²) in [6.07, 6.45) is 0. The third kappa shape index (κ3) is 2.87. The quantitative estimate of drug-likeness (QED) is 0.721. The number of rotatable bonds is 3. The molecule has 13 heavy (non-hydrogen) atoms. The van der Waals surface area contributed by atoms with Gasteiger partial charge in [-0.25, -0.2) is 0 Å². The van der Waals surface area contributed by atoms with Crippen molar-refractivity contribution in [1.29, 1.82) is 0 Å². The molecule has 0 aliphatic heterocycles. The molecule has 0 aromatic heterocycles. The molecule has 1 amide bonds. The molecule has 0 bridgehead atoms. The molecule has 1 rings (SSSR count). The molecule has 0 fully saturated rings. The number of benzene rings is 1. The Labute approximate surface area is 77.4 Å². The zero-order chi connectivity index (χ0) is 9.68. The Hall–Kier alpha value is -1.35. The molecule has 2 N–H and O–H groups in total. The SMILES string of the molecule is CC(=O)NCc1ccccc1CO. The van der Waals surface area contributed by atoms with E-state index in [-0.39, 0.29) is 12.5 Å². The molecule has 1 aromatic rings. The summed E-state index contributed by atoms with van der Waals surface area (Å²) in [6.45, 7) is 1.96. The van der Waals surface area contributed by atoms with Crippen LogP contribution in [0, 0.1) is 0 Å². The van der Waals surface area contributed by atoms with Crippen LogP contribution in [0.1, 0.15) is 18.1 Å². The highest BCUT2D eigenvalue weighted by Crippen LogP contribution is 2.07. The van der Waals surface area contributed by atoms with E-state index in [0.29, 0.717) is 6.54 Å². The van der Waals surface area contributed by atoms with Crippen molar-refractivity contribution in [2.24, 2.45) is 0 Å². The van der Waals surface area contributed by atoms with Gasteiger partial charge in [-0.2, -0.15) is 0 Å². The van der Waals surface area contributed by atoms with Crippen molar-refractivity contribution < 1.29 is 9.90 Å². The molecule has 0 heterocycles. The number of nitrogens with one attached hydrogen (secondary N) is 1. The van der Waals surface area contributed by atoms with Crippen molar-refractivity contribution in [2.75, 3.05) is 0 Å². The molecule has 70 valence electrons. The van der Waals surface area contributed by atoms with Gasteiger partial charge in [-0.05, 0) is 11.1 Å². The summed E-state index contributed by atoms with van der Waals surface area (Å²) in [7, 11) is 0. The van der Waals surface area contributed by atoms with Gasteiger partial charge in [-0.3, -0.25) is 4.79 Å². The van der Waals surface area contributed by atoms with Crippen LogP contribution in [0.2, 0.25) is 0 Å². The van der Waals surface area contributed by atoms with Crippen LogP contribution in [-0.2, 0) is 17.9 Å². The molecule has 3 nitrogen and oxygen atoms in total. The van der Waals surface area contributed by atoms with Crippen LogP contribution in [-0.4, -0.2) is 11.0 Å². The summed E-state index contributed by atoms with van der Waals surface area (Å²) in [4.78, 5) is 10.6. The van der Waals surface area contributed by atoms with Crippen LogP contribution in [0.25, 0.3) is 0 Å². The fourth-order valence-corrected chi connectivity index (χ4v) is 1.10. The first-order valence-corrected chi connectivity index (χ1v) is 4.16. The molecule has 3 heteroatoms. The fourth-order valence-electron chi connectivity index (χ4n) is 1.10. The maximum atomic E-state index is 10.6. The highest BCUT2D eigenvalue weighted by Gasteiger charge is 1.99. The lowest BCUT2D eigenvalue weighted by Gasteiger charge is -2.06. The maximum Gasteiger partial charge on any atom is 0.217 e. The van der Waals surface area contributed by atoms with Crippen molar-refractivity contribution >= 4 is 5.91 Å². The van der Waals surface area contributed by atoms with Gasteiger partial charge in [0.2, 0.25) is 5.91 Å². The standard InChI is InChI=1S/C10H13NO2/c1-8(13)11-6-9-4-2-3-5-10(9)7-12/h2-5,12H,6-7H2,1H3,(H,11,13). The molecule has 0 saturated heterocycles. The minimum Gasteiger partial charge on any atom is -0.392 e. The minimum absolute atomic E-state index is 0.00968. The van der Waals surface area contributed by atoms with Crippen LogP contribution < -0.4 is 5.32 Å². The molecule has 0 saturated carbocycles. The van der Waals surface area contributed by atoms with Gasteiger partial charge in [0.15, 0.2) is 0 Å². The smallest absolute Gasteiger partial charge is 0.217 e. The van der Waals surface area contributed by atoms with Gasteiger partial charge in [0, 0.05) is 13.5 Å². The Morgan fingerprint density at radius 1 is 1.38 bits per heavy atom. The average Bonchev–Trinajstić information content (AvgIpc) is 2.15. The Kier molecular flexibility index (Phi) is 3.46. The van der Waals surface area contributed by atoms with E-state index in [1.165, 1.54) is 6.92 Å². The third-order valence-electron chi connectivity index (χ3n) is 1.82. The van der Waals surface area contributed by atoms with E-state index in [1.807, 2.05) is 24.3 Å². The van der Waals surface area contributed by atoms with Gasteiger partial charge in [-0.1, -0.05) is 24.3 Å². The maximum absolute atomic E-state index is 10.6. The zero-order valence-corrected chi connectivity index (χ0v) is 7.58. The number of carbonyl (C=O) groups excluding carboxylic acids is 1. The predicted molar refractivity (Wildman–Crippen MR) is 49.9 cm³/mol. The Balaban J connectivity index is 2.69. The number of aliphatic hydroxyl groups is 1. The summed E-state index contributed by atoms with van der Waals surface area (Å²) in [6, 6.07) is 7.48. The van der Waals surface area contributed by atoms with E-state index in [9.17, 15) is 4.79 Å². The third-order valence-corrected chi connectivity index (χ3v) is 1.82. The van der Waals surface area contributed by atoms with Crippen LogP contribution in [0.15, 0.2) is 24.3 Å². The second-order valence-corrected chi connectivity index (χ2v) is 2.84. The molecule has 0 aliphatic rings. The first-order chi connectivity index (χ1) is 6.24. The summed E-state index contributed by atoms with van der Waals surface area (Å²) < 4.78 is 0. The van der Waals surface area contributed by atoms with Crippen LogP contribution >= 0.6 is 0 Å². The zero-order valence-electron chi connectivity index (χ0n) is 7.58. The van der Waals surface area contributed by atoms with Crippen LogP contribution in [0.4, 0.5) is 0 Å². The highest BCUT2D eigenvalue weighted by atomic mass is 16.3. The predicted octanol–water partition coefficient (Wildman–Crippen LogP) is 0.815. The van der Waals surface area contributed by atoms with E-state index in [4.69, 9.17) is 5.11 Å². The first kappa shape index (κ1) is 9.74. The summed E-state index contributed by atoms with van der Waals surface area (Å²) in [5, 5.41) is 11.7. The second kappa shape index (κ2) is 4.62. The molecule has 0 spiro atoms. The van der Waals surface area contributed by atoms with Gasteiger partial charge >= 0.3 is 0 Å². The first-order valence-electron chi connectivity index (χ1n) is 4.16. The van der Waals surface area contributed by atoms with Crippen molar-refractivity contribution in [3.05, 3.63) is 35.4 Å². The van der Waals surface area contributed by atoms with Crippen molar-refractivity contribution in [3.63, 3.8) is 0 Å². The van der Waals surface area contributed by atoms with Gasteiger partial charge in [-0.15, -0.1) is 0 Å².